The zero-order chi connectivity index (χ0) is 13.1. The Balaban J connectivity index is 2.25. The molecule has 92 valence electrons. The maximum absolute atomic E-state index is 10.8. The van der Waals surface area contributed by atoms with Crippen molar-refractivity contribution in [2.75, 3.05) is 5.32 Å². The molecule has 2 N–H and O–H groups in total. The number of aryl methyl sites for hydroxylation is 1. The highest BCUT2D eigenvalue weighted by Crippen LogP contribution is 2.22. The summed E-state index contributed by atoms with van der Waals surface area (Å²) in [4.78, 5) is 18.5. The molecule has 5 nitrogen and oxygen atoms in total. The van der Waals surface area contributed by atoms with Gasteiger partial charge in [-0.05, 0) is 24.6 Å². The van der Waals surface area contributed by atoms with Gasteiger partial charge in [0.2, 0.25) is 0 Å². The Morgan fingerprint density at radius 1 is 1.39 bits per heavy atom. The SMILES string of the molecule is Cc1ccc(Nc2cncc(C(=O)O)n2)cc1Br. The highest BCUT2D eigenvalue weighted by atomic mass is 79.9. The summed E-state index contributed by atoms with van der Waals surface area (Å²) in [6, 6.07) is 5.72. The normalized spacial score (nSPS) is 10.1. The van der Waals surface area contributed by atoms with Crippen molar-refractivity contribution in [3.63, 3.8) is 0 Å². The first-order chi connectivity index (χ1) is 8.56. The average molecular weight is 308 g/mol. The number of aromatic carboxylic acids is 1. The van der Waals surface area contributed by atoms with Crippen LogP contribution < -0.4 is 5.32 Å². The lowest BCUT2D eigenvalue weighted by Crippen LogP contribution is -2.04. The smallest absolute Gasteiger partial charge is 0.356 e. The molecule has 1 aromatic heterocycles. The minimum absolute atomic E-state index is 0.0915. The van der Waals surface area contributed by atoms with Gasteiger partial charge < -0.3 is 10.4 Å². The van der Waals surface area contributed by atoms with Gasteiger partial charge in [0.1, 0.15) is 5.82 Å². The lowest BCUT2D eigenvalue weighted by Gasteiger charge is -2.07. The van der Waals surface area contributed by atoms with Crippen molar-refractivity contribution in [3.05, 3.63) is 46.3 Å². The average Bonchev–Trinajstić information content (AvgIpc) is 2.34. The summed E-state index contributed by atoms with van der Waals surface area (Å²) in [5.74, 6) is -0.707. The van der Waals surface area contributed by atoms with E-state index in [9.17, 15) is 4.79 Å². The van der Waals surface area contributed by atoms with Gasteiger partial charge in [0.25, 0.3) is 0 Å². The Morgan fingerprint density at radius 3 is 2.83 bits per heavy atom. The molecule has 0 aliphatic rings. The highest BCUT2D eigenvalue weighted by Gasteiger charge is 2.06. The number of aromatic nitrogens is 2. The number of hydrogen-bond donors (Lipinski definition) is 2. The Kier molecular flexibility index (Phi) is 3.57. The van der Waals surface area contributed by atoms with Crippen molar-refractivity contribution < 1.29 is 9.90 Å². The minimum Gasteiger partial charge on any atom is -0.476 e. The molecule has 18 heavy (non-hydrogen) atoms. The van der Waals surface area contributed by atoms with Gasteiger partial charge in [-0.3, -0.25) is 4.98 Å². The van der Waals surface area contributed by atoms with Crippen LogP contribution in [0.2, 0.25) is 0 Å². The lowest BCUT2D eigenvalue weighted by molar-refractivity contribution is 0.0690. The van der Waals surface area contributed by atoms with Crippen LogP contribution in [0, 0.1) is 6.92 Å². The summed E-state index contributed by atoms with van der Waals surface area (Å²) in [7, 11) is 0. The number of hydrogen-bond acceptors (Lipinski definition) is 4. The lowest BCUT2D eigenvalue weighted by atomic mass is 10.2. The van der Waals surface area contributed by atoms with Crippen molar-refractivity contribution in [3.8, 4) is 0 Å². The second-order valence-corrected chi connectivity index (χ2v) is 4.54. The van der Waals surface area contributed by atoms with Crippen LogP contribution in [0.5, 0.6) is 0 Å². The van der Waals surface area contributed by atoms with Crippen LogP contribution in [0.1, 0.15) is 16.1 Å². The minimum atomic E-state index is -1.10. The van der Waals surface area contributed by atoms with Crippen LogP contribution in [0.25, 0.3) is 0 Å². The fourth-order valence-electron chi connectivity index (χ4n) is 1.35. The van der Waals surface area contributed by atoms with Crippen LogP contribution >= 0.6 is 15.9 Å². The number of nitrogens with one attached hydrogen (secondary N) is 1. The number of anilines is 2. The van der Waals surface area contributed by atoms with E-state index in [-0.39, 0.29) is 5.69 Å². The van der Waals surface area contributed by atoms with E-state index in [4.69, 9.17) is 5.11 Å². The van der Waals surface area contributed by atoms with Crippen LogP contribution in [0.4, 0.5) is 11.5 Å². The van der Waals surface area contributed by atoms with E-state index in [1.807, 2.05) is 25.1 Å². The number of benzene rings is 1. The van der Waals surface area contributed by atoms with Gasteiger partial charge in [-0.25, -0.2) is 9.78 Å². The van der Waals surface area contributed by atoms with Crippen molar-refractivity contribution in [2.45, 2.75) is 6.92 Å². The molecule has 0 amide bonds. The molecule has 0 saturated heterocycles. The number of nitrogens with zero attached hydrogens (tertiary/aromatic N) is 2. The summed E-state index contributed by atoms with van der Waals surface area (Å²) >= 11 is 3.43. The van der Waals surface area contributed by atoms with Crippen LogP contribution in [-0.2, 0) is 0 Å². The predicted molar refractivity (Wildman–Crippen MR) is 71.2 cm³/mol. The van der Waals surface area contributed by atoms with Crippen molar-refractivity contribution in [1.29, 1.82) is 0 Å². The van der Waals surface area contributed by atoms with Gasteiger partial charge in [0.05, 0.1) is 12.4 Å². The first-order valence-corrected chi connectivity index (χ1v) is 5.94. The molecular weight excluding hydrogens is 298 g/mol. The standard InChI is InChI=1S/C12H10BrN3O2/c1-7-2-3-8(4-9(7)13)15-11-6-14-5-10(16-11)12(17)18/h2-6H,1H3,(H,15,16)(H,17,18). The molecule has 0 aliphatic carbocycles. The van der Waals surface area contributed by atoms with Crippen LogP contribution in [0.3, 0.4) is 0 Å². The Hall–Kier alpha value is -1.95. The third-order valence-corrected chi connectivity index (χ3v) is 3.15. The molecule has 1 aromatic carbocycles. The maximum Gasteiger partial charge on any atom is 0.356 e. The molecule has 0 spiro atoms. The maximum atomic E-state index is 10.8. The number of rotatable bonds is 3. The second-order valence-electron chi connectivity index (χ2n) is 3.68. The van der Waals surface area contributed by atoms with Gasteiger partial charge in [-0.1, -0.05) is 22.0 Å². The van der Waals surface area contributed by atoms with Gasteiger partial charge in [0, 0.05) is 10.2 Å². The number of carboxylic acids is 1. The van der Waals surface area contributed by atoms with Gasteiger partial charge in [-0.2, -0.15) is 0 Å². The molecule has 0 aliphatic heterocycles. The van der Waals surface area contributed by atoms with Gasteiger partial charge in [-0.15, -0.1) is 0 Å². The Bertz CT molecular complexity index is 602. The summed E-state index contributed by atoms with van der Waals surface area (Å²) in [6.45, 7) is 1.98. The highest BCUT2D eigenvalue weighted by molar-refractivity contribution is 9.10. The molecule has 2 aromatic rings. The van der Waals surface area contributed by atoms with Crippen molar-refractivity contribution >= 4 is 33.4 Å². The van der Waals surface area contributed by atoms with Crippen LogP contribution in [-0.4, -0.2) is 21.0 Å². The zero-order valence-electron chi connectivity index (χ0n) is 9.51. The Morgan fingerprint density at radius 2 is 2.17 bits per heavy atom. The summed E-state index contributed by atoms with van der Waals surface area (Å²) in [5, 5.41) is 11.8. The fourth-order valence-corrected chi connectivity index (χ4v) is 1.73. The third kappa shape index (κ3) is 2.84. The largest absolute Gasteiger partial charge is 0.476 e. The molecule has 0 bridgehead atoms. The molecule has 0 atom stereocenters. The van der Waals surface area contributed by atoms with Gasteiger partial charge >= 0.3 is 5.97 Å². The van der Waals surface area contributed by atoms with E-state index in [1.165, 1.54) is 12.4 Å². The molecule has 0 unspecified atom stereocenters. The van der Waals surface area contributed by atoms with E-state index >= 15 is 0 Å². The fraction of sp³-hybridized carbons (Fsp3) is 0.0833. The zero-order valence-corrected chi connectivity index (χ0v) is 11.1. The molecular formula is C12H10BrN3O2. The Labute approximate surface area is 112 Å². The summed E-state index contributed by atoms with van der Waals surface area (Å²) < 4.78 is 0.967. The summed E-state index contributed by atoms with van der Waals surface area (Å²) in [6.07, 6.45) is 2.68. The number of carboxylic acid groups (broad SMARTS) is 1. The third-order valence-electron chi connectivity index (χ3n) is 2.30. The molecule has 0 saturated carbocycles. The number of carbonyl (C=O) groups is 1. The molecule has 2 rings (SSSR count). The second kappa shape index (κ2) is 5.14. The first kappa shape index (κ1) is 12.5. The first-order valence-electron chi connectivity index (χ1n) is 5.15. The molecule has 0 fully saturated rings. The quantitative estimate of drug-likeness (QED) is 0.911. The molecule has 6 heteroatoms. The van der Waals surface area contributed by atoms with Gasteiger partial charge in [0.15, 0.2) is 5.69 Å². The number of halogens is 1. The topological polar surface area (TPSA) is 75.1 Å². The van der Waals surface area contributed by atoms with Crippen LogP contribution in [0.15, 0.2) is 35.1 Å². The van der Waals surface area contributed by atoms with E-state index in [1.54, 1.807) is 0 Å². The van der Waals surface area contributed by atoms with E-state index in [2.05, 4.69) is 31.2 Å². The van der Waals surface area contributed by atoms with E-state index in [0.717, 1.165) is 15.7 Å². The summed E-state index contributed by atoms with van der Waals surface area (Å²) in [5.41, 5.74) is 1.83. The van der Waals surface area contributed by atoms with Crippen molar-refractivity contribution in [2.24, 2.45) is 0 Å². The molecule has 1 heterocycles. The monoisotopic (exact) mass is 307 g/mol. The van der Waals surface area contributed by atoms with Crippen molar-refractivity contribution in [1.82, 2.24) is 9.97 Å². The van der Waals surface area contributed by atoms with E-state index in [0.29, 0.717) is 5.82 Å². The predicted octanol–water partition coefficient (Wildman–Crippen LogP) is 2.99. The van der Waals surface area contributed by atoms with E-state index < -0.39 is 5.97 Å². The molecule has 0 radical (unpaired) electrons.